The van der Waals surface area contributed by atoms with Crippen LogP contribution in [0, 0.1) is 6.92 Å². The monoisotopic (exact) mass is 459 g/mol. The van der Waals surface area contributed by atoms with Gasteiger partial charge in [-0.05, 0) is 42.3 Å². The molecular weight excluding hydrogens is 442 g/mol. The molecule has 0 aliphatic rings. The van der Waals surface area contributed by atoms with Gasteiger partial charge >= 0.3 is 5.97 Å². The number of sulfone groups is 1. The fourth-order valence-electron chi connectivity index (χ4n) is 2.70. The van der Waals surface area contributed by atoms with Gasteiger partial charge in [-0.15, -0.1) is 0 Å². The highest BCUT2D eigenvalue weighted by Crippen LogP contribution is 2.20. The van der Waals surface area contributed by atoms with Gasteiger partial charge in [0.2, 0.25) is 15.0 Å². The van der Waals surface area contributed by atoms with Crippen LogP contribution in [0.1, 0.15) is 32.0 Å². The number of carbonyl (C=O) groups excluding carboxylic acids is 2. The van der Waals surface area contributed by atoms with Gasteiger partial charge in [-0.3, -0.25) is 4.79 Å². The molecule has 0 radical (unpaired) electrons. The Balaban J connectivity index is 1.84. The number of aromatic nitrogens is 2. The molecule has 160 valence electrons. The lowest BCUT2D eigenvalue weighted by Gasteiger charge is -2.09. The highest BCUT2D eigenvalue weighted by atomic mass is 35.5. The molecule has 0 spiro atoms. The van der Waals surface area contributed by atoms with Crippen molar-refractivity contribution in [2.75, 3.05) is 12.4 Å². The van der Waals surface area contributed by atoms with Gasteiger partial charge in [-0.1, -0.05) is 35.9 Å². The van der Waals surface area contributed by atoms with E-state index < -0.39 is 26.9 Å². The second-order valence-corrected chi connectivity index (χ2v) is 8.85. The zero-order valence-electron chi connectivity index (χ0n) is 16.6. The zero-order chi connectivity index (χ0) is 22.6. The number of rotatable bonds is 6. The van der Waals surface area contributed by atoms with Crippen molar-refractivity contribution in [3.8, 4) is 0 Å². The lowest BCUT2D eigenvalue weighted by atomic mass is 10.1. The van der Waals surface area contributed by atoms with E-state index in [1.54, 1.807) is 25.1 Å². The third kappa shape index (κ3) is 5.25. The number of benzene rings is 2. The normalized spacial score (nSPS) is 11.1. The maximum absolute atomic E-state index is 12.8. The number of carbonyl (C=O) groups is 2. The van der Waals surface area contributed by atoms with Gasteiger partial charge in [0.1, 0.15) is 0 Å². The minimum Gasteiger partial charge on any atom is -0.465 e. The zero-order valence-corrected chi connectivity index (χ0v) is 18.2. The molecule has 0 unspecified atom stereocenters. The van der Waals surface area contributed by atoms with Crippen LogP contribution in [0.4, 0.5) is 5.69 Å². The van der Waals surface area contributed by atoms with E-state index in [1.165, 1.54) is 31.4 Å². The molecule has 2 aromatic carbocycles. The topological polar surface area (TPSA) is 115 Å². The highest BCUT2D eigenvalue weighted by Gasteiger charge is 2.23. The maximum Gasteiger partial charge on any atom is 0.337 e. The van der Waals surface area contributed by atoms with Crippen LogP contribution >= 0.6 is 11.6 Å². The van der Waals surface area contributed by atoms with Gasteiger partial charge in [-0.25, -0.2) is 23.2 Å². The fraction of sp³-hybridized carbons (Fsp3) is 0.143. The fourth-order valence-corrected chi connectivity index (χ4v) is 4.18. The van der Waals surface area contributed by atoms with E-state index in [4.69, 9.17) is 11.6 Å². The minimum atomic E-state index is -3.91. The first-order chi connectivity index (χ1) is 14.7. The van der Waals surface area contributed by atoms with Crippen molar-refractivity contribution in [2.45, 2.75) is 17.8 Å². The van der Waals surface area contributed by atoms with Crippen LogP contribution in [0.25, 0.3) is 0 Å². The molecule has 10 heteroatoms. The number of halogens is 1. The number of anilines is 1. The first-order valence-electron chi connectivity index (χ1n) is 9.01. The number of methoxy groups -OCH3 is 1. The van der Waals surface area contributed by atoms with Crippen molar-refractivity contribution < 1.29 is 22.7 Å². The van der Waals surface area contributed by atoms with E-state index in [0.29, 0.717) is 16.8 Å². The molecule has 1 amide bonds. The quantitative estimate of drug-likeness (QED) is 0.443. The van der Waals surface area contributed by atoms with Crippen LogP contribution in [0.5, 0.6) is 0 Å². The molecule has 0 saturated carbocycles. The molecule has 31 heavy (non-hydrogen) atoms. The van der Waals surface area contributed by atoms with Crippen LogP contribution < -0.4 is 5.32 Å². The summed E-state index contributed by atoms with van der Waals surface area (Å²) in [6.45, 7) is 1.80. The Morgan fingerprint density at radius 2 is 1.77 bits per heavy atom. The molecule has 1 N–H and O–H groups in total. The van der Waals surface area contributed by atoms with E-state index in [0.717, 1.165) is 11.8 Å². The summed E-state index contributed by atoms with van der Waals surface area (Å²) < 4.78 is 30.2. The average Bonchev–Trinajstić information content (AvgIpc) is 2.75. The predicted octanol–water partition coefficient (Wildman–Crippen LogP) is 3.45. The second kappa shape index (κ2) is 9.23. The summed E-state index contributed by atoms with van der Waals surface area (Å²) in [5.74, 6) is -1.54. The Morgan fingerprint density at radius 3 is 2.42 bits per heavy atom. The Hall–Kier alpha value is -3.30. The van der Waals surface area contributed by atoms with Gasteiger partial charge in [0.25, 0.3) is 5.91 Å². The Labute approximate surface area is 184 Å². The molecular formula is C21H18ClN3O5S. The highest BCUT2D eigenvalue weighted by molar-refractivity contribution is 7.90. The summed E-state index contributed by atoms with van der Waals surface area (Å²) in [4.78, 5) is 31.8. The number of aryl methyl sites for hydroxylation is 1. The molecule has 0 saturated heterocycles. The number of nitrogens with zero attached hydrogens (tertiary/aromatic N) is 2. The predicted molar refractivity (Wildman–Crippen MR) is 115 cm³/mol. The molecule has 8 nitrogen and oxygen atoms in total. The SMILES string of the molecule is COC(=O)c1ccc(NC(=O)c2nc(S(=O)(=O)Cc3ccccc3C)ncc2Cl)cc1. The third-order valence-electron chi connectivity index (χ3n) is 4.39. The summed E-state index contributed by atoms with van der Waals surface area (Å²) in [5, 5.41) is 1.97. The molecule has 0 aliphatic heterocycles. The molecule has 1 aromatic heterocycles. The lowest BCUT2D eigenvalue weighted by Crippen LogP contribution is -2.18. The smallest absolute Gasteiger partial charge is 0.337 e. The van der Waals surface area contributed by atoms with Crippen LogP contribution in [-0.4, -0.2) is 37.4 Å². The van der Waals surface area contributed by atoms with Crippen LogP contribution in [0.3, 0.4) is 0 Å². The Morgan fingerprint density at radius 1 is 1.10 bits per heavy atom. The van der Waals surface area contributed by atoms with Gasteiger partial charge in [0, 0.05) is 5.69 Å². The van der Waals surface area contributed by atoms with E-state index in [1.807, 2.05) is 6.07 Å². The van der Waals surface area contributed by atoms with Crippen molar-refractivity contribution in [3.05, 3.63) is 82.1 Å². The average molecular weight is 460 g/mol. The largest absolute Gasteiger partial charge is 0.465 e. The molecule has 3 aromatic rings. The summed E-state index contributed by atoms with van der Waals surface area (Å²) in [6.07, 6.45) is 1.08. The summed E-state index contributed by atoms with van der Waals surface area (Å²) in [6, 6.07) is 13.0. The summed E-state index contributed by atoms with van der Waals surface area (Å²) >= 11 is 6.04. The van der Waals surface area contributed by atoms with Crippen molar-refractivity contribution in [2.24, 2.45) is 0 Å². The first-order valence-corrected chi connectivity index (χ1v) is 11.0. The Kier molecular flexibility index (Phi) is 6.67. The number of hydrogen-bond acceptors (Lipinski definition) is 7. The van der Waals surface area contributed by atoms with Crippen molar-refractivity contribution >= 4 is 39.0 Å². The van der Waals surface area contributed by atoms with Gasteiger partial charge in [0.05, 0.1) is 29.6 Å². The van der Waals surface area contributed by atoms with Crippen molar-refractivity contribution in [3.63, 3.8) is 0 Å². The van der Waals surface area contributed by atoms with E-state index in [9.17, 15) is 18.0 Å². The van der Waals surface area contributed by atoms with Crippen LogP contribution in [-0.2, 0) is 20.3 Å². The lowest BCUT2D eigenvalue weighted by molar-refractivity contribution is 0.0600. The molecule has 0 bridgehead atoms. The van der Waals surface area contributed by atoms with Crippen LogP contribution in [0.15, 0.2) is 59.9 Å². The van der Waals surface area contributed by atoms with Gasteiger partial charge in [-0.2, -0.15) is 0 Å². The number of esters is 1. The first kappa shape index (κ1) is 22.4. The number of nitrogens with one attached hydrogen (secondary N) is 1. The maximum atomic E-state index is 12.8. The molecule has 3 rings (SSSR count). The number of amides is 1. The van der Waals surface area contributed by atoms with Crippen molar-refractivity contribution in [1.29, 1.82) is 0 Å². The standard InChI is InChI=1S/C21H18ClN3O5S/c1-13-5-3-4-6-15(13)12-31(28,29)21-23-11-17(22)18(25-21)19(26)24-16-9-7-14(8-10-16)20(27)30-2/h3-11H,12H2,1-2H3,(H,24,26). The molecule has 1 heterocycles. The van der Waals surface area contributed by atoms with Crippen LogP contribution in [0.2, 0.25) is 5.02 Å². The molecule has 0 atom stereocenters. The molecule has 0 aliphatic carbocycles. The number of ether oxygens (including phenoxy) is 1. The number of hydrogen-bond donors (Lipinski definition) is 1. The van der Waals surface area contributed by atoms with Gasteiger partial charge < -0.3 is 10.1 Å². The third-order valence-corrected chi connectivity index (χ3v) is 6.11. The van der Waals surface area contributed by atoms with E-state index >= 15 is 0 Å². The van der Waals surface area contributed by atoms with E-state index in [-0.39, 0.29) is 16.5 Å². The van der Waals surface area contributed by atoms with E-state index in [2.05, 4.69) is 20.0 Å². The molecule has 0 fully saturated rings. The summed E-state index contributed by atoms with van der Waals surface area (Å²) in [7, 11) is -2.65. The summed E-state index contributed by atoms with van der Waals surface area (Å²) in [5.41, 5.74) is 1.81. The second-order valence-electron chi connectivity index (χ2n) is 6.56. The Bertz CT molecular complexity index is 1240. The van der Waals surface area contributed by atoms with Crippen molar-refractivity contribution in [1.82, 2.24) is 9.97 Å². The minimum absolute atomic E-state index is 0.0986. The van der Waals surface area contributed by atoms with Gasteiger partial charge in [0.15, 0.2) is 5.69 Å².